The topological polar surface area (TPSA) is 71.9 Å². The summed E-state index contributed by atoms with van der Waals surface area (Å²) in [6.45, 7) is 1.93. The SMILES string of the molecule is COc1ccccc1NC(=O)[C@H](C)[NH+](C)CC(=O)Nc1ccc(Cl)cc1. The van der Waals surface area contributed by atoms with E-state index in [1.165, 1.54) is 0 Å². The van der Waals surface area contributed by atoms with Gasteiger partial charge in [-0.3, -0.25) is 9.59 Å². The maximum atomic E-state index is 12.5. The molecule has 0 aliphatic heterocycles. The Morgan fingerprint density at radius 2 is 1.77 bits per heavy atom. The summed E-state index contributed by atoms with van der Waals surface area (Å²) in [5, 5.41) is 6.24. The van der Waals surface area contributed by atoms with Crippen LogP contribution < -0.4 is 20.3 Å². The van der Waals surface area contributed by atoms with Crippen molar-refractivity contribution in [2.75, 3.05) is 31.3 Å². The summed E-state index contributed by atoms with van der Waals surface area (Å²) in [4.78, 5) is 25.4. The minimum Gasteiger partial charge on any atom is -0.495 e. The number of ether oxygens (including phenoxy) is 1. The first kappa shape index (κ1) is 19.8. The Labute approximate surface area is 158 Å². The molecule has 0 fully saturated rings. The number of halogens is 1. The van der Waals surface area contributed by atoms with E-state index in [0.29, 0.717) is 22.1 Å². The number of nitrogens with one attached hydrogen (secondary N) is 3. The van der Waals surface area contributed by atoms with Crippen LogP contribution >= 0.6 is 11.6 Å². The second-order valence-electron chi connectivity index (χ2n) is 5.99. The molecule has 0 spiro atoms. The van der Waals surface area contributed by atoms with Gasteiger partial charge >= 0.3 is 0 Å². The van der Waals surface area contributed by atoms with E-state index >= 15 is 0 Å². The summed E-state index contributed by atoms with van der Waals surface area (Å²) in [5.41, 5.74) is 1.27. The lowest BCUT2D eigenvalue weighted by molar-refractivity contribution is -0.885. The van der Waals surface area contributed by atoms with Gasteiger partial charge in [-0.2, -0.15) is 0 Å². The zero-order chi connectivity index (χ0) is 19.1. The molecule has 0 aliphatic carbocycles. The fraction of sp³-hybridized carbons (Fsp3) is 0.263. The molecule has 0 radical (unpaired) electrons. The van der Waals surface area contributed by atoms with Gasteiger partial charge in [0.1, 0.15) is 5.75 Å². The highest BCUT2D eigenvalue weighted by Gasteiger charge is 2.24. The molecule has 0 aromatic heterocycles. The van der Waals surface area contributed by atoms with Crippen molar-refractivity contribution in [3.05, 3.63) is 53.6 Å². The van der Waals surface area contributed by atoms with E-state index in [1.807, 2.05) is 12.1 Å². The lowest BCUT2D eigenvalue weighted by Crippen LogP contribution is -3.14. The first-order valence-electron chi connectivity index (χ1n) is 8.22. The minimum absolute atomic E-state index is 0.156. The number of amides is 2. The molecule has 2 aromatic rings. The van der Waals surface area contributed by atoms with Crippen LogP contribution in [0.3, 0.4) is 0 Å². The summed E-state index contributed by atoms with van der Waals surface area (Å²) in [7, 11) is 3.35. The largest absolute Gasteiger partial charge is 0.495 e. The third-order valence-electron chi connectivity index (χ3n) is 4.06. The predicted octanol–water partition coefficient (Wildman–Crippen LogP) is 1.83. The number of para-hydroxylation sites is 2. The van der Waals surface area contributed by atoms with Crippen LogP contribution in [0.5, 0.6) is 5.75 Å². The highest BCUT2D eigenvalue weighted by Crippen LogP contribution is 2.22. The number of anilines is 2. The van der Waals surface area contributed by atoms with Gasteiger partial charge in [-0.05, 0) is 43.3 Å². The van der Waals surface area contributed by atoms with Crippen molar-refractivity contribution in [2.45, 2.75) is 13.0 Å². The highest BCUT2D eigenvalue weighted by molar-refractivity contribution is 6.30. The first-order valence-corrected chi connectivity index (χ1v) is 8.60. The molecule has 7 heteroatoms. The van der Waals surface area contributed by atoms with E-state index in [1.54, 1.807) is 57.5 Å². The van der Waals surface area contributed by atoms with Gasteiger partial charge in [-0.15, -0.1) is 0 Å². The number of methoxy groups -OCH3 is 1. The first-order chi connectivity index (χ1) is 12.4. The van der Waals surface area contributed by atoms with Crippen molar-refractivity contribution in [2.24, 2.45) is 0 Å². The van der Waals surface area contributed by atoms with Crippen LogP contribution in [0.4, 0.5) is 11.4 Å². The Morgan fingerprint density at radius 1 is 1.12 bits per heavy atom. The molecule has 138 valence electrons. The number of rotatable bonds is 7. The number of benzene rings is 2. The van der Waals surface area contributed by atoms with Gasteiger partial charge in [0, 0.05) is 10.7 Å². The van der Waals surface area contributed by atoms with Gasteiger partial charge in [0.05, 0.1) is 19.8 Å². The van der Waals surface area contributed by atoms with Gasteiger partial charge in [0.2, 0.25) is 0 Å². The fourth-order valence-corrected chi connectivity index (χ4v) is 2.48. The molecule has 1 unspecified atom stereocenters. The van der Waals surface area contributed by atoms with Gasteiger partial charge in [-0.1, -0.05) is 23.7 Å². The zero-order valence-corrected chi connectivity index (χ0v) is 15.8. The maximum Gasteiger partial charge on any atom is 0.282 e. The van der Waals surface area contributed by atoms with E-state index < -0.39 is 6.04 Å². The number of hydrogen-bond donors (Lipinski definition) is 3. The van der Waals surface area contributed by atoms with Gasteiger partial charge < -0.3 is 20.3 Å². The Hall–Kier alpha value is -2.57. The zero-order valence-electron chi connectivity index (χ0n) is 15.0. The van der Waals surface area contributed by atoms with E-state index in [4.69, 9.17) is 16.3 Å². The number of likely N-dealkylation sites (N-methyl/N-ethyl adjacent to an activating group) is 1. The molecular weight excluding hydrogens is 354 g/mol. The fourth-order valence-electron chi connectivity index (χ4n) is 2.36. The molecular formula is C19H23ClN3O3+. The quantitative estimate of drug-likeness (QED) is 0.690. The second-order valence-corrected chi connectivity index (χ2v) is 6.43. The lowest BCUT2D eigenvalue weighted by atomic mass is 10.2. The average molecular weight is 377 g/mol. The van der Waals surface area contributed by atoms with E-state index in [9.17, 15) is 9.59 Å². The van der Waals surface area contributed by atoms with E-state index in [-0.39, 0.29) is 18.4 Å². The summed E-state index contributed by atoms with van der Waals surface area (Å²) < 4.78 is 5.23. The minimum atomic E-state index is -0.420. The summed E-state index contributed by atoms with van der Waals surface area (Å²) >= 11 is 5.83. The molecule has 2 atom stereocenters. The molecule has 0 aliphatic rings. The van der Waals surface area contributed by atoms with Gasteiger partial charge in [-0.25, -0.2) is 0 Å². The van der Waals surface area contributed by atoms with Crippen molar-refractivity contribution in [3.63, 3.8) is 0 Å². The van der Waals surface area contributed by atoms with E-state index in [2.05, 4.69) is 10.6 Å². The van der Waals surface area contributed by atoms with E-state index in [0.717, 1.165) is 4.90 Å². The van der Waals surface area contributed by atoms with Crippen molar-refractivity contribution < 1.29 is 19.2 Å². The average Bonchev–Trinajstić information content (AvgIpc) is 2.63. The van der Waals surface area contributed by atoms with Crippen molar-refractivity contribution in [1.82, 2.24) is 0 Å². The number of carbonyl (C=O) groups is 2. The lowest BCUT2D eigenvalue weighted by Gasteiger charge is -2.21. The second kappa shape index (κ2) is 9.22. The molecule has 26 heavy (non-hydrogen) atoms. The normalized spacial score (nSPS) is 12.8. The maximum absolute atomic E-state index is 12.5. The summed E-state index contributed by atoms with van der Waals surface area (Å²) in [6, 6.07) is 13.6. The molecule has 0 saturated carbocycles. The Kier molecular flexibility index (Phi) is 7.00. The van der Waals surface area contributed by atoms with Crippen LogP contribution in [0.15, 0.2) is 48.5 Å². The summed E-state index contributed by atoms with van der Waals surface area (Å²) in [5.74, 6) is 0.222. The standard InChI is InChI=1S/C19H22ClN3O3/c1-13(19(25)22-16-6-4-5-7-17(16)26-3)23(2)12-18(24)21-15-10-8-14(20)9-11-15/h4-11,13H,12H2,1-3H3,(H,21,24)(H,22,25)/p+1/t13-/m0/s1. The molecule has 3 N–H and O–H groups in total. The smallest absolute Gasteiger partial charge is 0.282 e. The molecule has 0 saturated heterocycles. The van der Waals surface area contributed by atoms with Gasteiger partial charge in [0.25, 0.3) is 11.8 Å². The third-order valence-corrected chi connectivity index (χ3v) is 4.32. The molecule has 6 nitrogen and oxygen atoms in total. The monoisotopic (exact) mass is 376 g/mol. The summed E-state index contributed by atoms with van der Waals surface area (Å²) in [6.07, 6.45) is 0. The number of carbonyl (C=O) groups excluding carboxylic acids is 2. The molecule has 0 heterocycles. The molecule has 2 aromatic carbocycles. The van der Waals surface area contributed by atoms with Crippen LogP contribution in [-0.2, 0) is 9.59 Å². The highest BCUT2D eigenvalue weighted by atomic mass is 35.5. The van der Waals surface area contributed by atoms with Crippen molar-refractivity contribution in [3.8, 4) is 5.75 Å². The predicted molar refractivity (Wildman–Crippen MR) is 103 cm³/mol. The molecule has 2 amide bonds. The van der Waals surface area contributed by atoms with Crippen LogP contribution in [0.1, 0.15) is 6.92 Å². The Morgan fingerprint density at radius 3 is 2.42 bits per heavy atom. The molecule has 2 rings (SSSR count). The Balaban J connectivity index is 1.91. The number of hydrogen-bond acceptors (Lipinski definition) is 3. The van der Waals surface area contributed by atoms with Crippen molar-refractivity contribution in [1.29, 1.82) is 0 Å². The molecule has 0 bridgehead atoms. The number of quaternary nitrogens is 1. The van der Waals surface area contributed by atoms with Crippen molar-refractivity contribution >= 4 is 34.8 Å². The third kappa shape index (κ3) is 5.47. The van der Waals surface area contributed by atoms with Crippen LogP contribution in [-0.4, -0.2) is 38.6 Å². The van der Waals surface area contributed by atoms with Crippen LogP contribution in [0.2, 0.25) is 5.02 Å². The van der Waals surface area contributed by atoms with Crippen LogP contribution in [0, 0.1) is 0 Å². The van der Waals surface area contributed by atoms with Crippen LogP contribution in [0.25, 0.3) is 0 Å². The van der Waals surface area contributed by atoms with Gasteiger partial charge in [0.15, 0.2) is 12.6 Å². The Bertz CT molecular complexity index is 765.